The van der Waals surface area contributed by atoms with Crippen LogP contribution in [-0.4, -0.2) is 0 Å². The first-order valence-corrected chi connectivity index (χ1v) is 23.2. The number of halogens is 2. The highest BCUT2D eigenvalue weighted by atomic mass is 79.9. The van der Waals surface area contributed by atoms with Gasteiger partial charge in [0.25, 0.3) is 0 Å². The van der Waals surface area contributed by atoms with Gasteiger partial charge in [-0.3, -0.25) is 0 Å². The van der Waals surface area contributed by atoms with E-state index in [4.69, 9.17) is 0 Å². The van der Waals surface area contributed by atoms with Gasteiger partial charge < -0.3 is 0 Å². The minimum Gasteiger partial charge on any atom is -0.133 e. The summed E-state index contributed by atoms with van der Waals surface area (Å²) in [7, 11) is 0. The van der Waals surface area contributed by atoms with Gasteiger partial charge in [-0.05, 0) is 130 Å². The van der Waals surface area contributed by atoms with Crippen molar-refractivity contribution in [2.75, 3.05) is 0 Å². The fourth-order valence-electron chi connectivity index (χ4n) is 6.38. The van der Waals surface area contributed by atoms with Crippen LogP contribution in [0.2, 0.25) is 0 Å². The molecular formula is C40H56Br2S4. The van der Waals surface area contributed by atoms with Gasteiger partial charge in [0, 0.05) is 29.3 Å². The maximum absolute atomic E-state index is 3.87. The maximum atomic E-state index is 3.87. The summed E-state index contributed by atoms with van der Waals surface area (Å²) in [5, 5.41) is 0. The van der Waals surface area contributed by atoms with Crippen LogP contribution in [0.4, 0.5) is 0 Å². The zero-order chi connectivity index (χ0) is 32.7. The molecule has 0 aliphatic rings. The highest BCUT2D eigenvalue weighted by Crippen LogP contribution is 2.50. The van der Waals surface area contributed by atoms with Gasteiger partial charge in [0.05, 0.1) is 7.57 Å². The zero-order valence-electron chi connectivity index (χ0n) is 28.8. The normalized spacial score (nSPS) is 11.7. The minimum atomic E-state index is 1.19. The molecule has 46 heavy (non-hydrogen) atoms. The molecule has 4 aromatic heterocycles. The molecule has 0 spiro atoms. The van der Waals surface area contributed by atoms with E-state index in [1.165, 1.54) is 155 Å². The highest BCUT2D eigenvalue weighted by molar-refractivity contribution is 9.11. The van der Waals surface area contributed by atoms with Gasteiger partial charge in [0.2, 0.25) is 0 Å². The van der Waals surface area contributed by atoms with Gasteiger partial charge in [-0.1, -0.05) is 105 Å². The molecule has 0 saturated heterocycles. The molecule has 0 aromatic carbocycles. The fourth-order valence-corrected chi connectivity index (χ4v) is 12.7. The Hall–Kier alpha value is -0.240. The number of rotatable bonds is 23. The van der Waals surface area contributed by atoms with Crippen molar-refractivity contribution in [3.63, 3.8) is 0 Å². The first kappa shape index (κ1) is 38.6. The Bertz CT molecular complexity index is 1330. The van der Waals surface area contributed by atoms with Gasteiger partial charge in [-0.2, -0.15) is 0 Å². The second-order valence-electron chi connectivity index (χ2n) is 13.0. The van der Waals surface area contributed by atoms with Gasteiger partial charge in [-0.25, -0.2) is 0 Å². The van der Waals surface area contributed by atoms with Crippen LogP contribution in [0.1, 0.15) is 153 Å². The molecule has 0 bridgehead atoms. The number of hydrogen-bond donors (Lipinski definition) is 0. The van der Waals surface area contributed by atoms with Gasteiger partial charge in [0.1, 0.15) is 0 Å². The fraction of sp³-hybridized carbons (Fsp3) is 0.600. The Balaban J connectivity index is 1.74. The minimum absolute atomic E-state index is 1.19. The standard InChI is InChI=1S/C40H56Br2S4/c1-5-9-13-17-21-29-25-33(37-31(27-35(41)45-37)23-19-15-11-7-3)43-39(29)40-30(22-18-14-10-6-2)26-34(44-40)38-32(28-36(42)46-38)24-20-16-12-8-4/h25-28H,5-24H2,1-4H3. The Kier molecular flexibility index (Phi) is 17.7. The van der Waals surface area contributed by atoms with E-state index in [1.807, 2.05) is 22.7 Å². The van der Waals surface area contributed by atoms with Gasteiger partial charge in [-0.15, -0.1) is 45.3 Å². The van der Waals surface area contributed by atoms with Crippen molar-refractivity contribution in [1.29, 1.82) is 0 Å². The third-order valence-corrected chi connectivity index (χ3v) is 15.3. The molecule has 4 rings (SSSR count). The van der Waals surface area contributed by atoms with E-state index < -0.39 is 0 Å². The molecular weight excluding hydrogens is 769 g/mol. The number of aryl methyl sites for hydroxylation is 4. The third kappa shape index (κ3) is 11.4. The Morgan fingerprint density at radius 2 is 0.674 bits per heavy atom. The lowest BCUT2D eigenvalue weighted by Gasteiger charge is -2.06. The summed E-state index contributed by atoms with van der Waals surface area (Å²) < 4.78 is 2.55. The average molecular weight is 825 g/mol. The predicted molar refractivity (Wildman–Crippen MR) is 221 cm³/mol. The molecule has 0 fully saturated rings. The second kappa shape index (κ2) is 21.1. The van der Waals surface area contributed by atoms with E-state index in [9.17, 15) is 0 Å². The molecule has 0 saturated carbocycles. The van der Waals surface area contributed by atoms with E-state index >= 15 is 0 Å². The van der Waals surface area contributed by atoms with E-state index in [0.717, 1.165) is 0 Å². The smallest absolute Gasteiger partial charge is 0.0708 e. The summed E-state index contributed by atoms with van der Waals surface area (Å²) in [6, 6.07) is 10.0. The molecule has 4 aromatic rings. The van der Waals surface area contributed by atoms with Gasteiger partial charge >= 0.3 is 0 Å². The van der Waals surface area contributed by atoms with Crippen molar-refractivity contribution in [3.8, 4) is 29.3 Å². The average Bonchev–Trinajstić information content (AvgIpc) is 3.83. The van der Waals surface area contributed by atoms with Crippen LogP contribution in [-0.2, 0) is 25.7 Å². The lowest BCUT2D eigenvalue weighted by molar-refractivity contribution is 0.666. The van der Waals surface area contributed by atoms with Crippen LogP contribution in [0, 0.1) is 0 Å². The molecule has 0 radical (unpaired) electrons. The molecule has 0 unspecified atom stereocenters. The molecule has 0 atom stereocenters. The topological polar surface area (TPSA) is 0 Å². The molecule has 0 N–H and O–H groups in total. The van der Waals surface area contributed by atoms with Crippen LogP contribution >= 0.6 is 77.2 Å². The first-order valence-electron chi connectivity index (χ1n) is 18.3. The Morgan fingerprint density at radius 1 is 0.370 bits per heavy atom. The van der Waals surface area contributed by atoms with Crippen LogP contribution < -0.4 is 0 Å². The van der Waals surface area contributed by atoms with Crippen molar-refractivity contribution in [2.24, 2.45) is 0 Å². The van der Waals surface area contributed by atoms with E-state index in [0.29, 0.717) is 0 Å². The van der Waals surface area contributed by atoms with Crippen LogP contribution in [0.25, 0.3) is 29.3 Å². The second-order valence-corrected chi connectivity index (χ2v) is 19.9. The first-order chi connectivity index (χ1) is 22.5. The highest BCUT2D eigenvalue weighted by Gasteiger charge is 2.22. The summed E-state index contributed by atoms with van der Waals surface area (Å²) in [6.07, 6.45) is 25.8. The molecule has 0 amide bonds. The summed E-state index contributed by atoms with van der Waals surface area (Å²) in [5.41, 5.74) is 6.27. The Morgan fingerprint density at radius 3 is 0.978 bits per heavy atom. The number of unbranched alkanes of at least 4 members (excludes halogenated alkanes) is 12. The monoisotopic (exact) mass is 822 g/mol. The lowest BCUT2D eigenvalue weighted by atomic mass is 10.0. The zero-order valence-corrected chi connectivity index (χ0v) is 35.3. The van der Waals surface area contributed by atoms with Crippen LogP contribution in [0.5, 0.6) is 0 Å². The van der Waals surface area contributed by atoms with Crippen molar-refractivity contribution < 1.29 is 0 Å². The van der Waals surface area contributed by atoms with E-state index in [-0.39, 0.29) is 0 Å². The maximum Gasteiger partial charge on any atom is 0.0708 e. The predicted octanol–water partition coefficient (Wildman–Crippen LogP) is 16.9. The molecule has 254 valence electrons. The molecule has 4 heterocycles. The van der Waals surface area contributed by atoms with Crippen LogP contribution in [0.3, 0.4) is 0 Å². The van der Waals surface area contributed by atoms with Crippen LogP contribution in [0.15, 0.2) is 31.8 Å². The molecule has 0 aliphatic carbocycles. The summed E-state index contributed by atoms with van der Waals surface area (Å²) >= 11 is 15.8. The Labute approximate surface area is 314 Å². The summed E-state index contributed by atoms with van der Waals surface area (Å²) in [4.78, 5) is 9.12. The van der Waals surface area contributed by atoms with E-state index in [2.05, 4.69) is 106 Å². The van der Waals surface area contributed by atoms with Crippen molar-refractivity contribution >= 4 is 77.2 Å². The number of thiophene rings is 4. The molecule has 6 heteroatoms. The number of hydrogen-bond acceptors (Lipinski definition) is 4. The lowest BCUT2D eigenvalue weighted by Crippen LogP contribution is -1.89. The van der Waals surface area contributed by atoms with Gasteiger partial charge in [0.15, 0.2) is 0 Å². The van der Waals surface area contributed by atoms with Crippen molar-refractivity contribution in [2.45, 2.75) is 156 Å². The van der Waals surface area contributed by atoms with Crippen molar-refractivity contribution in [3.05, 3.63) is 54.1 Å². The van der Waals surface area contributed by atoms with E-state index in [1.54, 1.807) is 32.0 Å². The summed E-state index contributed by atoms with van der Waals surface area (Å²) in [5.74, 6) is 0. The summed E-state index contributed by atoms with van der Waals surface area (Å²) in [6.45, 7) is 9.26. The van der Waals surface area contributed by atoms with Crippen molar-refractivity contribution in [1.82, 2.24) is 0 Å². The molecule has 0 aliphatic heterocycles. The third-order valence-electron chi connectivity index (χ3n) is 9.03. The largest absolute Gasteiger partial charge is 0.133 e. The quantitative estimate of drug-likeness (QED) is 0.0654. The molecule has 0 nitrogen and oxygen atoms in total. The SMILES string of the molecule is CCCCCCc1cc(Br)sc1-c1cc(CCCCCC)c(-c2sc(-c3sc(Br)cc3CCCCCC)cc2CCCCCC)s1.